The minimum atomic E-state index is -0.980. The highest BCUT2D eigenvalue weighted by molar-refractivity contribution is 5.85. The molecule has 1 aliphatic heterocycles. The average molecular weight is 291 g/mol. The van der Waals surface area contributed by atoms with E-state index in [0.29, 0.717) is 19.6 Å². The number of amides is 1. The van der Waals surface area contributed by atoms with E-state index in [-0.39, 0.29) is 11.8 Å². The van der Waals surface area contributed by atoms with Crippen LogP contribution in [0.15, 0.2) is 30.3 Å². The number of hydrogen-bond donors (Lipinski definition) is 1. The van der Waals surface area contributed by atoms with E-state index >= 15 is 0 Å². The van der Waals surface area contributed by atoms with Gasteiger partial charge in [-0.1, -0.05) is 30.3 Å². The van der Waals surface area contributed by atoms with E-state index in [1.165, 1.54) is 4.90 Å². The molecule has 0 saturated carbocycles. The van der Waals surface area contributed by atoms with E-state index in [1.807, 2.05) is 30.3 Å². The molecular formula is C16H21NO4. The Bertz CT molecular complexity index is 482. The number of hydrogen-bond acceptors (Lipinski definition) is 3. The molecule has 5 heteroatoms. The van der Waals surface area contributed by atoms with Gasteiger partial charge in [0.05, 0.1) is 12.5 Å². The fourth-order valence-corrected chi connectivity index (χ4v) is 2.60. The molecule has 5 nitrogen and oxygen atoms in total. The second-order valence-electron chi connectivity index (χ2n) is 5.41. The van der Waals surface area contributed by atoms with Crippen molar-refractivity contribution in [2.75, 3.05) is 20.3 Å². The van der Waals surface area contributed by atoms with Crippen molar-refractivity contribution in [2.24, 2.45) is 5.92 Å². The molecule has 2 atom stereocenters. The van der Waals surface area contributed by atoms with E-state index in [2.05, 4.69) is 0 Å². The molecule has 1 N–H and O–H groups in total. The number of rotatable bonds is 5. The Labute approximate surface area is 124 Å². The number of ether oxygens (including phenoxy) is 1. The number of likely N-dealkylation sites (N-methyl/N-ethyl adjacent to an activating group) is 1. The fraction of sp³-hybridized carbons (Fsp3) is 0.500. The fourth-order valence-electron chi connectivity index (χ4n) is 2.60. The molecule has 0 spiro atoms. The van der Waals surface area contributed by atoms with Crippen LogP contribution in [0.5, 0.6) is 0 Å². The van der Waals surface area contributed by atoms with Crippen molar-refractivity contribution in [1.82, 2.24) is 4.90 Å². The van der Waals surface area contributed by atoms with Gasteiger partial charge in [-0.25, -0.2) is 4.79 Å². The van der Waals surface area contributed by atoms with Gasteiger partial charge in [0.2, 0.25) is 5.91 Å². The van der Waals surface area contributed by atoms with Gasteiger partial charge in [-0.2, -0.15) is 0 Å². The Kier molecular flexibility index (Phi) is 5.33. The third kappa shape index (κ3) is 4.04. The molecule has 0 aliphatic carbocycles. The van der Waals surface area contributed by atoms with Crippen LogP contribution < -0.4 is 0 Å². The van der Waals surface area contributed by atoms with Gasteiger partial charge < -0.3 is 14.7 Å². The first-order chi connectivity index (χ1) is 10.1. The second kappa shape index (κ2) is 7.22. The monoisotopic (exact) mass is 291 g/mol. The van der Waals surface area contributed by atoms with Crippen LogP contribution in [0.4, 0.5) is 0 Å². The van der Waals surface area contributed by atoms with Gasteiger partial charge in [0.25, 0.3) is 0 Å². The molecule has 1 heterocycles. The SMILES string of the molecule is CN(C(=O)[C@H]1CCCOC1)[C@@H](Cc1ccccc1)C(=O)O. The molecule has 1 saturated heterocycles. The molecule has 0 bridgehead atoms. The summed E-state index contributed by atoms with van der Waals surface area (Å²) >= 11 is 0. The second-order valence-corrected chi connectivity index (χ2v) is 5.41. The molecule has 1 aliphatic rings. The summed E-state index contributed by atoms with van der Waals surface area (Å²) in [6.45, 7) is 1.07. The molecule has 1 aromatic carbocycles. The van der Waals surface area contributed by atoms with Crippen molar-refractivity contribution in [3.05, 3.63) is 35.9 Å². The van der Waals surface area contributed by atoms with Crippen LogP contribution in [-0.4, -0.2) is 48.2 Å². The molecule has 0 radical (unpaired) electrons. The van der Waals surface area contributed by atoms with Crippen molar-refractivity contribution in [3.63, 3.8) is 0 Å². The summed E-state index contributed by atoms with van der Waals surface area (Å²) in [5.74, 6) is -1.34. The highest BCUT2D eigenvalue weighted by atomic mass is 16.5. The van der Waals surface area contributed by atoms with Gasteiger partial charge >= 0.3 is 5.97 Å². The maximum atomic E-state index is 12.4. The topological polar surface area (TPSA) is 66.8 Å². The Morgan fingerprint density at radius 1 is 1.38 bits per heavy atom. The number of carbonyl (C=O) groups is 2. The van der Waals surface area contributed by atoms with E-state index in [9.17, 15) is 14.7 Å². The first kappa shape index (κ1) is 15.5. The number of aliphatic carboxylic acids is 1. The summed E-state index contributed by atoms with van der Waals surface area (Å²) < 4.78 is 5.32. The van der Waals surface area contributed by atoms with Gasteiger partial charge in [-0.3, -0.25) is 4.79 Å². The predicted molar refractivity (Wildman–Crippen MR) is 77.9 cm³/mol. The number of carboxylic acid groups (broad SMARTS) is 1. The largest absolute Gasteiger partial charge is 0.480 e. The smallest absolute Gasteiger partial charge is 0.326 e. The van der Waals surface area contributed by atoms with Crippen molar-refractivity contribution in [3.8, 4) is 0 Å². The van der Waals surface area contributed by atoms with Crippen LogP contribution in [0.2, 0.25) is 0 Å². The lowest BCUT2D eigenvalue weighted by Gasteiger charge is -2.30. The van der Waals surface area contributed by atoms with Crippen LogP contribution in [0.25, 0.3) is 0 Å². The molecule has 2 rings (SSSR count). The van der Waals surface area contributed by atoms with Crippen LogP contribution >= 0.6 is 0 Å². The van der Waals surface area contributed by atoms with Gasteiger partial charge in [-0.15, -0.1) is 0 Å². The standard InChI is InChI=1S/C16H21NO4/c1-17(15(18)13-8-5-9-21-11-13)14(16(19)20)10-12-6-3-2-4-7-12/h2-4,6-7,13-14H,5,8-11H2,1H3,(H,19,20)/t13-,14-/m0/s1. The zero-order valence-electron chi connectivity index (χ0n) is 12.2. The summed E-state index contributed by atoms with van der Waals surface area (Å²) in [5, 5.41) is 9.43. The summed E-state index contributed by atoms with van der Waals surface area (Å²) in [7, 11) is 1.57. The molecule has 114 valence electrons. The average Bonchev–Trinajstić information content (AvgIpc) is 2.53. The minimum Gasteiger partial charge on any atom is -0.480 e. The first-order valence-corrected chi connectivity index (χ1v) is 7.20. The summed E-state index contributed by atoms with van der Waals surface area (Å²) in [6, 6.07) is 8.52. The van der Waals surface area contributed by atoms with E-state index < -0.39 is 12.0 Å². The molecule has 0 aromatic heterocycles. The third-order valence-corrected chi connectivity index (χ3v) is 3.88. The molecule has 0 unspecified atom stereocenters. The van der Waals surface area contributed by atoms with Crippen LogP contribution in [0, 0.1) is 5.92 Å². The van der Waals surface area contributed by atoms with Gasteiger partial charge in [-0.05, 0) is 18.4 Å². The van der Waals surface area contributed by atoms with Crippen LogP contribution in [-0.2, 0) is 20.7 Å². The Morgan fingerprint density at radius 3 is 2.67 bits per heavy atom. The van der Waals surface area contributed by atoms with Crippen LogP contribution in [0.1, 0.15) is 18.4 Å². The lowest BCUT2D eigenvalue weighted by Crippen LogP contribution is -2.47. The Balaban J connectivity index is 2.06. The van der Waals surface area contributed by atoms with Crippen molar-refractivity contribution in [1.29, 1.82) is 0 Å². The zero-order chi connectivity index (χ0) is 15.2. The Morgan fingerprint density at radius 2 is 2.10 bits per heavy atom. The highest BCUT2D eigenvalue weighted by Gasteiger charge is 2.32. The Hall–Kier alpha value is -1.88. The van der Waals surface area contributed by atoms with E-state index in [0.717, 1.165) is 18.4 Å². The lowest BCUT2D eigenvalue weighted by molar-refractivity contribution is -0.152. The number of carboxylic acids is 1. The minimum absolute atomic E-state index is 0.141. The summed E-state index contributed by atoms with van der Waals surface area (Å²) in [4.78, 5) is 25.3. The first-order valence-electron chi connectivity index (χ1n) is 7.20. The van der Waals surface area contributed by atoms with Crippen LogP contribution in [0.3, 0.4) is 0 Å². The van der Waals surface area contributed by atoms with Gasteiger partial charge in [0, 0.05) is 20.1 Å². The molecule has 1 fully saturated rings. The summed E-state index contributed by atoms with van der Waals surface area (Å²) in [6.07, 6.45) is 1.92. The van der Waals surface area contributed by atoms with Crippen molar-refractivity contribution >= 4 is 11.9 Å². The zero-order valence-corrected chi connectivity index (χ0v) is 12.2. The maximum absolute atomic E-state index is 12.4. The van der Waals surface area contributed by atoms with E-state index in [4.69, 9.17) is 4.74 Å². The van der Waals surface area contributed by atoms with Crippen molar-refractivity contribution < 1.29 is 19.4 Å². The summed E-state index contributed by atoms with van der Waals surface area (Å²) in [5.41, 5.74) is 0.907. The molecule has 21 heavy (non-hydrogen) atoms. The molecular weight excluding hydrogens is 270 g/mol. The highest BCUT2D eigenvalue weighted by Crippen LogP contribution is 2.18. The molecule has 1 amide bonds. The third-order valence-electron chi connectivity index (χ3n) is 3.88. The molecule has 1 aromatic rings. The van der Waals surface area contributed by atoms with Gasteiger partial charge in [0.15, 0.2) is 0 Å². The van der Waals surface area contributed by atoms with Crippen molar-refractivity contribution in [2.45, 2.75) is 25.3 Å². The number of carbonyl (C=O) groups excluding carboxylic acids is 1. The maximum Gasteiger partial charge on any atom is 0.326 e. The van der Waals surface area contributed by atoms with Gasteiger partial charge in [0.1, 0.15) is 6.04 Å². The lowest BCUT2D eigenvalue weighted by atomic mass is 9.98. The number of benzene rings is 1. The quantitative estimate of drug-likeness (QED) is 0.894. The van der Waals surface area contributed by atoms with E-state index in [1.54, 1.807) is 7.05 Å². The predicted octanol–water partition coefficient (Wildman–Crippen LogP) is 1.57. The normalized spacial score (nSPS) is 19.8. The number of nitrogens with zero attached hydrogens (tertiary/aromatic N) is 1.